The summed E-state index contributed by atoms with van der Waals surface area (Å²) in [6.45, 7) is 2.32. The van der Waals surface area contributed by atoms with Crippen LogP contribution in [0.3, 0.4) is 0 Å². The van der Waals surface area contributed by atoms with Crippen LogP contribution in [-0.4, -0.2) is 45.0 Å². The molecule has 0 aromatic heterocycles. The average Bonchev–Trinajstić information content (AvgIpc) is 2.26. The van der Waals surface area contributed by atoms with Gasteiger partial charge in [-0.2, -0.15) is 0 Å². The summed E-state index contributed by atoms with van der Waals surface area (Å²) in [6, 6.07) is 8.30. The van der Waals surface area contributed by atoms with Gasteiger partial charge in [0.2, 0.25) is 5.91 Å². The van der Waals surface area contributed by atoms with Crippen LogP contribution in [0.4, 0.5) is 5.69 Å². The van der Waals surface area contributed by atoms with E-state index in [2.05, 4.69) is 28.4 Å². The standard InChI is InChI=1S/C14H21N3O.ClH/c1-16(2)13-6-4-5-11(7-13)10-17(3)14(18)12-8-15-9-12;/h4-7,12,15H,8-10H2,1-3H3;1H. The van der Waals surface area contributed by atoms with Crippen LogP contribution in [-0.2, 0) is 11.3 Å². The summed E-state index contributed by atoms with van der Waals surface area (Å²) in [5.74, 6) is 0.413. The highest BCUT2D eigenvalue weighted by molar-refractivity contribution is 5.85. The van der Waals surface area contributed by atoms with E-state index in [0.717, 1.165) is 13.1 Å². The Bertz CT molecular complexity index is 432. The molecule has 0 aliphatic carbocycles. The van der Waals surface area contributed by atoms with Gasteiger partial charge in [-0.15, -0.1) is 12.4 Å². The number of nitrogens with one attached hydrogen (secondary N) is 1. The maximum absolute atomic E-state index is 12.0. The molecule has 0 bridgehead atoms. The summed E-state index contributed by atoms with van der Waals surface area (Å²) in [6.07, 6.45) is 0. The van der Waals surface area contributed by atoms with Crippen LogP contribution in [0.5, 0.6) is 0 Å². The molecule has 19 heavy (non-hydrogen) atoms. The van der Waals surface area contributed by atoms with Gasteiger partial charge in [0, 0.05) is 46.5 Å². The lowest BCUT2D eigenvalue weighted by atomic mass is 10.0. The summed E-state index contributed by atoms with van der Waals surface area (Å²) < 4.78 is 0. The van der Waals surface area contributed by atoms with Gasteiger partial charge in [0.15, 0.2) is 0 Å². The molecule has 106 valence electrons. The predicted molar refractivity (Wildman–Crippen MR) is 80.9 cm³/mol. The molecule has 0 spiro atoms. The van der Waals surface area contributed by atoms with Crippen molar-refractivity contribution in [3.8, 4) is 0 Å². The van der Waals surface area contributed by atoms with E-state index in [1.165, 1.54) is 11.3 Å². The normalized spacial score (nSPS) is 14.3. The smallest absolute Gasteiger partial charge is 0.228 e. The predicted octanol–water partition coefficient (Wildman–Crippen LogP) is 1.35. The van der Waals surface area contributed by atoms with E-state index in [4.69, 9.17) is 0 Å². The van der Waals surface area contributed by atoms with Crippen LogP contribution in [0.2, 0.25) is 0 Å². The van der Waals surface area contributed by atoms with Gasteiger partial charge >= 0.3 is 0 Å². The number of carbonyl (C=O) groups excluding carboxylic acids is 1. The largest absolute Gasteiger partial charge is 0.378 e. The van der Waals surface area contributed by atoms with E-state index in [-0.39, 0.29) is 24.2 Å². The van der Waals surface area contributed by atoms with Gasteiger partial charge in [0.1, 0.15) is 0 Å². The van der Waals surface area contributed by atoms with Crippen molar-refractivity contribution in [3.63, 3.8) is 0 Å². The van der Waals surface area contributed by atoms with Gasteiger partial charge in [-0.25, -0.2) is 0 Å². The minimum Gasteiger partial charge on any atom is -0.378 e. The Morgan fingerprint density at radius 3 is 2.53 bits per heavy atom. The molecule has 4 nitrogen and oxygen atoms in total. The number of anilines is 1. The van der Waals surface area contributed by atoms with E-state index in [0.29, 0.717) is 6.54 Å². The molecule has 1 heterocycles. The molecule has 0 unspecified atom stereocenters. The highest BCUT2D eigenvalue weighted by Crippen LogP contribution is 2.16. The summed E-state index contributed by atoms with van der Waals surface area (Å²) in [4.78, 5) is 15.9. The first-order valence-electron chi connectivity index (χ1n) is 6.30. The fourth-order valence-corrected chi connectivity index (χ4v) is 2.06. The minimum absolute atomic E-state index is 0. The van der Waals surface area contributed by atoms with Crippen molar-refractivity contribution in [1.29, 1.82) is 0 Å². The third kappa shape index (κ3) is 3.85. The third-order valence-corrected chi connectivity index (χ3v) is 3.35. The first-order chi connectivity index (χ1) is 8.58. The van der Waals surface area contributed by atoms with E-state index in [1.807, 2.05) is 32.1 Å². The zero-order valence-electron chi connectivity index (χ0n) is 11.7. The van der Waals surface area contributed by atoms with Gasteiger partial charge in [0.05, 0.1) is 5.92 Å². The number of hydrogen-bond donors (Lipinski definition) is 1. The maximum Gasteiger partial charge on any atom is 0.228 e. The van der Waals surface area contributed by atoms with E-state index in [1.54, 1.807) is 0 Å². The first-order valence-corrected chi connectivity index (χ1v) is 6.30. The monoisotopic (exact) mass is 283 g/mol. The second-order valence-electron chi connectivity index (χ2n) is 5.11. The van der Waals surface area contributed by atoms with Gasteiger partial charge in [-0.05, 0) is 17.7 Å². The molecule has 1 fully saturated rings. The SMILES string of the molecule is CN(Cc1cccc(N(C)C)c1)C(=O)C1CNC1.Cl. The number of benzene rings is 1. The Labute approximate surface area is 121 Å². The van der Waals surface area contributed by atoms with Gasteiger partial charge < -0.3 is 15.1 Å². The Morgan fingerprint density at radius 2 is 2.00 bits per heavy atom. The number of hydrogen-bond acceptors (Lipinski definition) is 3. The van der Waals surface area contributed by atoms with Crippen LogP contribution >= 0.6 is 12.4 Å². The third-order valence-electron chi connectivity index (χ3n) is 3.35. The van der Waals surface area contributed by atoms with Crippen molar-refractivity contribution in [1.82, 2.24) is 10.2 Å². The zero-order chi connectivity index (χ0) is 13.1. The molecule has 5 heteroatoms. The lowest BCUT2D eigenvalue weighted by Gasteiger charge is -2.30. The molecule has 0 saturated carbocycles. The molecule has 1 amide bonds. The highest BCUT2D eigenvalue weighted by Gasteiger charge is 2.27. The number of carbonyl (C=O) groups is 1. The van der Waals surface area contributed by atoms with Gasteiger partial charge in [0.25, 0.3) is 0 Å². The van der Waals surface area contributed by atoms with Crippen LogP contribution in [0.15, 0.2) is 24.3 Å². The fourth-order valence-electron chi connectivity index (χ4n) is 2.06. The Kier molecular flexibility index (Phi) is 5.63. The molecular formula is C14H22ClN3O. The maximum atomic E-state index is 12.0. The summed E-state index contributed by atoms with van der Waals surface area (Å²) in [5, 5.41) is 3.13. The average molecular weight is 284 g/mol. The molecule has 1 aromatic carbocycles. The quantitative estimate of drug-likeness (QED) is 0.906. The molecule has 0 atom stereocenters. The second kappa shape index (κ2) is 6.78. The molecule has 1 N–H and O–H groups in total. The van der Waals surface area contributed by atoms with E-state index >= 15 is 0 Å². The van der Waals surface area contributed by atoms with E-state index < -0.39 is 0 Å². The molecule has 1 aliphatic rings. The molecule has 0 radical (unpaired) electrons. The molecule has 1 aromatic rings. The van der Waals surface area contributed by atoms with Crippen LogP contribution in [0.25, 0.3) is 0 Å². The number of halogens is 1. The van der Waals surface area contributed by atoms with Crippen molar-refractivity contribution in [2.75, 3.05) is 39.1 Å². The number of amides is 1. The Balaban J connectivity index is 0.00000180. The second-order valence-corrected chi connectivity index (χ2v) is 5.11. The van der Waals surface area contributed by atoms with Crippen molar-refractivity contribution in [2.24, 2.45) is 5.92 Å². The van der Waals surface area contributed by atoms with Gasteiger partial charge in [-0.3, -0.25) is 4.79 Å². The highest BCUT2D eigenvalue weighted by atomic mass is 35.5. The van der Waals surface area contributed by atoms with Crippen molar-refractivity contribution < 1.29 is 4.79 Å². The molecule has 2 rings (SSSR count). The fraction of sp³-hybridized carbons (Fsp3) is 0.500. The minimum atomic E-state index is 0. The summed E-state index contributed by atoms with van der Waals surface area (Å²) in [5.41, 5.74) is 2.34. The van der Waals surface area contributed by atoms with Crippen LogP contribution in [0.1, 0.15) is 5.56 Å². The lowest BCUT2D eigenvalue weighted by Crippen LogP contribution is -2.50. The Hall–Kier alpha value is -1.26. The van der Waals surface area contributed by atoms with E-state index in [9.17, 15) is 4.79 Å². The van der Waals surface area contributed by atoms with Crippen LogP contribution < -0.4 is 10.2 Å². The van der Waals surface area contributed by atoms with Crippen molar-refractivity contribution in [2.45, 2.75) is 6.54 Å². The summed E-state index contributed by atoms with van der Waals surface area (Å²) >= 11 is 0. The molecule has 1 aliphatic heterocycles. The molecule has 1 saturated heterocycles. The zero-order valence-corrected chi connectivity index (χ0v) is 12.5. The van der Waals surface area contributed by atoms with Gasteiger partial charge in [-0.1, -0.05) is 12.1 Å². The topological polar surface area (TPSA) is 35.6 Å². The number of nitrogens with zero attached hydrogens (tertiary/aromatic N) is 2. The van der Waals surface area contributed by atoms with Crippen molar-refractivity contribution in [3.05, 3.63) is 29.8 Å². The molecular weight excluding hydrogens is 262 g/mol. The Morgan fingerprint density at radius 1 is 1.32 bits per heavy atom. The first kappa shape index (κ1) is 15.8. The van der Waals surface area contributed by atoms with Crippen molar-refractivity contribution >= 4 is 24.0 Å². The summed E-state index contributed by atoms with van der Waals surface area (Å²) in [7, 11) is 5.92. The lowest BCUT2D eigenvalue weighted by molar-refractivity contribution is -0.136. The number of rotatable bonds is 4. The van der Waals surface area contributed by atoms with Crippen LogP contribution in [0, 0.1) is 5.92 Å².